The first-order valence-corrected chi connectivity index (χ1v) is 7.50. The van der Waals surface area contributed by atoms with E-state index in [0.29, 0.717) is 16.6 Å². The highest BCUT2D eigenvalue weighted by Gasteiger charge is 2.26. The smallest absolute Gasteiger partial charge is 0.155 e. The minimum Gasteiger partial charge on any atom is -0.497 e. The van der Waals surface area contributed by atoms with E-state index < -0.39 is 0 Å². The summed E-state index contributed by atoms with van der Waals surface area (Å²) in [7, 11) is 1.62. The number of rotatable bonds is 4. The zero-order valence-electron chi connectivity index (χ0n) is 11.9. The molecule has 1 saturated carbocycles. The van der Waals surface area contributed by atoms with E-state index in [-0.39, 0.29) is 0 Å². The van der Waals surface area contributed by atoms with Gasteiger partial charge in [-0.25, -0.2) is 4.68 Å². The Morgan fingerprint density at radius 3 is 2.81 bits per heavy atom. The van der Waals surface area contributed by atoms with Crippen LogP contribution in [0.1, 0.15) is 47.7 Å². The lowest BCUT2D eigenvalue weighted by Gasteiger charge is -2.06. The van der Waals surface area contributed by atoms with Gasteiger partial charge in [-0.2, -0.15) is 5.10 Å². The van der Waals surface area contributed by atoms with E-state index in [2.05, 4.69) is 5.10 Å². The van der Waals surface area contributed by atoms with Gasteiger partial charge in [0.05, 0.1) is 24.1 Å². The molecule has 0 unspecified atom stereocenters. The normalized spacial score (nSPS) is 15.3. The summed E-state index contributed by atoms with van der Waals surface area (Å²) >= 11 is 6.37. The van der Waals surface area contributed by atoms with Gasteiger partial charge in [0, 0.05) is 12.0 Å². The number of hydrogen-bond donors (Lipinski definition) is 0. The van der Waals surface area contributed by atoms with Crippen LogP contribution in [0.25, 0.3) is 5.69 Å². The fourth-order valence-electron chi connectivity index (χ4n) is 2.95. The maximum absolute atomic E-state index is 11.4. The summed E-state index contributed by atoms with van der Waals surface area (Å²) in [6, 6.07) is 7.49. The van der Waals surface area contributed by atoms with Crippen molar-refractivity contribution in [2.75, 3.05) is 7.11 Å². The van der Waals surface area contributed by atoms with Gasteiger partial charge in [-0.1, -0.05) is 30.5 Å². The molecule has 0 bridgehead atoms. The SMILES string of the molecule is COc1cccc(-n2nc(C3CCCC3)c(C=O)c2Cl)c1. The predicted octanol–water partition coefficient (Wildman–Crippen LogP) is 4.00. The molecule has 0 N–H and O–H groups in total. The molecule has 1 aromatic carbocycles. The number of hydrogen-bond acceptors (Lipinski definition) is 3. The van der Waals surface area contributed by atoms with Gasteiger partial charge in [-0.15, -0.1) is 0 Å². The molecule has 4 nitrogen and oxygen atoms in total. The predicted molar refractivity (Wildman–Crippen MR) is 81.7 cm³/mol. The quantitative estimate of drug-likeness (QED) is 0.802. The van der Waals surface area contributed by atoms with E-state index >= 15 is 0 Å². The van der Waals surface area contributed by atoms with Crippen LogP contribution in [-0.4, -0.2) is 23.2 Å². The molecule has 1 aliphatic carbocycles. The summed E-state index contributed by atoms with van der Waals surface area (Å²) < 4.78 is 6.85. The summed E-state index contributed by atoms with van der Waals surface area (Å²) in [5.41, 5.74) is 2.15. The largest absolute Gasteiger partial charge is 0.497 e. The lowest BCUT2D eigenvalue weighted by atomic mass is 10.0. The van der Waals surface area contributed by atoms with E-state index in [1.54, 1.807) is 11.8 Å². The van der Waals surface area contributed by atoms with E-state index in [9.17, 15) is 4.79 Å². The fraction of sp³-hybridized carbons (Fsp3) is 0.375. The Balaban J connectivity index is 2.08. The zero-order valence-corrected chi connectivity index (χ0v) is 12.6. The van der Waals surface area contributed by atoms with Crippen LogP contribution in [0.4, 0.5) is 0 Å². The van der Waals surface area contributed by atoms with E-state index in [1.807, 2.05) is 24.3 Å². The Morgan fingerprint density at radius 1 is 1.38 bits per heavy atom. The molecular formula is C16H17ClN2O2. The van der Waals surface area contributed by atoms with E-state index in [4.69, 9.17) is 16.3 Å². The van der Waals surface area contributed by atoms with Crippen LogP contribution in [0.3, 0.4) is 0 Å². The van der Waals surface area contributed by atoms with Gasteiger partial charge in [-0.3, -0.25) is 4.79 Å². The molecule has 0 saturated heterocycles. The number of methoxy groups -OCH3 is 1. The minimum absolute atomic E-state index is 0.342. The van der Waals surface area contributed by atoms with Gasteiger partial charge in [0.15, 0.2) is 6.29 Å². The number of ether oxygens (including phenoxy) is 1. The average Bonchev–Trinajstić information content (AvgIpc) is 3.14. The van der Waals surface area contributed by atoms with Crippen molar-refractivity contribution in [3.8, 4) is 11.4 Å². The molecule has 2 aromatic rings. The van der Waals surface area contributed by atoms with Crippen LogP contribution in [0.5, 0.6) is 5.75 Å². The lowest BCUT2D eigenvalue weighted by Crippen LogP contribution is -2.00. The summed E-state index contributed by atoms with van der Waals surface area (Å²) in [5, 5.41) is 4.98. The van der Waals surface area contributed by atoms with Crippen molar-refractivity contribution in [3.05, 3.63) is 40.7 Å². The Morgan fingerprint density at radius 2 is 2.14 bits per heavy atom. The number of aldehydes is 1. The molecule has 1 aliphatic rings. The maximum Gasteiger partial charge on any atom is 0.155 e. The van der Waals surface area contributed by atoms with Gasteiger partial charge in [0.25, 0.3) is 0 Å². The number of aromatic nitrogens is 2. The Labute approximate surface area is 128 Å². The number of carbonyl (C=O) groups excluding carboxylic acids is 1. The van der Waals surface area contributed by atoms with Crippen LogP contribution >= 0.6 is 11.6 Å². The average molecular weight is 305 g/mol. The maximum atomic E-state index is 11.4. The molecule has 0 radical (unpaired) electrons. The molecule has 0 spiro atoms. The first-order chi connectivity index (χ1) is 10.2. The third kappa shape index (κ3) is 2.56. The van der Waals surface area contributed by atoms with Crippen LogP contribution < -0.4 is 4.74 Å². The molecule has 0 amide bonds. The molecule has 1 heterocycles. The van der Waals surface area contributed by atoms with Crippen molar-refractivity contribution in [2.45, 2.75) is 31.6 Å². The van der Waals surface area contributed by atoms with Crippen molar-refractivity contribution in [3.63, 3.8) is 0 Å². The Kier molecular flexibility index (Phi) is 3.97. The standard InChI is InChI=1S/C16H17ClN2O2/c1-21-13-8-4-7-12(9-13)19-16(17)14(10-20)15(18-19)11-5-2-3-6-11/h4,7-11H,2-3,5-6H2,1H3. The molecule has 21 heavy (non-hydrogen) atoms. The highest BCUT2D eigenvalue weighted by Crippen LogP contribution is 2.37. The second kappa shape index (κ2) is 5.90. The van der Waals surface area contributed by atoms with Gasteiger partial charge in [-0.05, 0) is 25.0 Å². The second-order valence-corrected chi connectivity index (χ2v) is 5.66. The monoisotopic (exact) mass is 304 g/mol. The van der Waals surface area contributed by atoms with Crippen molar-refractivity contribution in [1.82, 2.24) is 9.78 Å². The van der Waals surface area contributed by atoms with Crippen molar-refractivity contribution in [1.29, 1.82) is 0 Å². The van der Waals surface area contributed by atoms with E-state index in [0.717, 1.165) is 36.3 Å². The highest BCUT2D eigenvalue weighted by molar-refractivity contribution is 6.32. The summed E-state index contributed by atoms with van der Waals surface area (Å²) in [5.74, 6) is 1.07. The number of carbonyl (C=O) groups is 1. The van der Waals surface area contributed by atoms with Crippen molar-refractivity contribution < 1.29 is 9.53 Å². The molecular weight excluding hydrogens is 288 g/mol. The third-order valence-electron chi connectivity index (χ3n) is 4.05. The topological polar surface area (TPSA) is 44.1 Å². The first-order valence-electron chi connectivity index (χ1n) is 7.12. The molecule has 0 atom stereocenters. The van der Waals surface area contributed by atoms with Crippen LogP contribution in [0.15, 0.2) is 24.3 Å². The highest BCUT2D eigenvalue weighted by atomic mass is 35.5. The Hall–Kier alpha value is -1.81. The van der Waals surface area contributed by atoms with Crippen molar-refractivity contribution >= 4 is 17.9 Å². The molecule has 1 fully saturated rings. The number of nitrogens with zero attached hydrogens (tertiary/aromatic N) is 2. The van der Waals surface area contributed by atoms with Crippen molar-refractivity contribution in [2.24, 2.45) is 0 Å². The molecule has 0 aliphatic heterocycles. The van der Waals surface area contributed by atoms with Crippen LogP contribution in [-0.2, 0) is 0 Å². The Bertz CT molecular complexity index is 660. The third-order valence-corrected chi connectivity index (χ3v) is 4.41. The molecule has 3 rings (SSSR count). The lowest BCUT2D eigenvalue weighted by molar-refractivity contribution is 0.112. The summed E-state index contributed by atoms with van der Waals surface area (Å²) in [4.78, 5) is 11.4. The molecule has 1 aromatic heterocycles. The van der Waals surface area contributed by atoms with Gasteiger partial charge < -0.3 is 4.74 Å². The molecule has 110 valence electrons. The first kappa shape index (κ1) is 14.1. The fourth-order valence-corrected chi connectivity index (χ4v) is 3.23. The van der Waals surface area contributed by atoms with Crippen LogP contribution in [0.2, 0.25) is 5.15 Å². The number of halogens is 1. The van der Waals surface area contributed by atoms with Crippen LogP contribution in [0, 0.1) is 0 Å². The van der Waals surface area contributed by atoms with Gasteiger partial charge >= 0.3 is 0 Å². The number of benzene rings is 1. The summed E-state index contributed by atoms with van der Waals surface area (Å²) in [6.07, 6.45) is 5.34. The van der Waals surface area contributed by atoms with E-state index in [1.165, 1.54) is 12.8 Å². The zero-order chi connectivity index (χ0) is 14.8. The molecule has 5 heteroatoms. The van der Waals surface area contributed by atoms with Gasteiger partial charge in [0.2, 0.25) is 0 Å². The minimum atomic E-state index is 0.342. The van der Waals surface area contributed by atoms with Gasteiger partial charge in [0.1, 0.15) is 10.9 Å². The second-order valence-electron chi connectivity index (χ2n) is 5.30. The summed E-state index contributed by atoms with van der Waals surface area (Å²) in [6.45, 7) is 0.